The second-order valence-corrected chi connectivity index (χ2v) is 8.54. The number of carbonyl (C=O) groups is 1. The second-order valence-electron chi connectivity index (χ2n) is 6.51. The molecule has 1 aliphatic rings. The Morgan fingerprint density at radius 3 is 2.77 bits per heavy atom. The molecule has 4 rings (SSSR count). The molecule has 11 nitrogen and oxygen atoms in total. The summed E-state index contributed by atoms with van der Waals surface area (Å²) < 4.78 is 35.7. The van der Waals surface area contributed by atoms with Gasteiger partial charge in [-0.1, -0.05) is 11.6 Å². The first-order valence-electron chi connectivity index (χ1n) is 8.97. The summed E-state index contributed by atoms with van der Waals surface area (Å²) in [6.45, 7) is 2.58. The summed E-state index contributed by atoms with van der Waals surface area (Å²) in [6, 6.07) is 5.00. The van der Waals surface area contributed by atoms with Gasteiger partial charge in [0.05, 0.1) is 30.8 Å². The highest BCUT2D eigenvalue weighted by Gasteiger charge is 2.25. The maximum atomic E-state index is 12.6. The van der Waals surface area contributed by atoms with Crippen LogP contribution < -0.4 is 10.0 Å². The second kappa shape index (κ2) is 8.14. The minimum absolute atomic E-state index is 0.0206. The van der Waals surface area contributed by atoms with E-state index in [1.807, 2.05) is 0 Å². The molecule has 0 unspecified atom stereocenters. The van der Waals surface area contributed by atoms with E-state index in [0.717, 1.165) is 0 Å². The van der Waals surface area contributed by atoms with E-state index in [4.69, 9.17) is 16.3 Å². The lowest BCUT2D eigenvalue weighted by molar-refractivity contribution is -0.114. The largest absolute Gasteiger partial charge is 0.379 e. The number of rotatable bonds is 5. The van der Waals surface area contributed by atoms with E-state index in [2.05, 4.69) is 25.1 Å². The van der Waals surface area contributed by atoms with Crippen molar-refractivity contribution in [3.63, 3.8) is 0 Å². The monoisotopic (exact) mass is 451 g/mol. The molecule has 0 radical (unpaired) electrons. The molecule has 158 valence electrons. The standard InChI is InChI=1S/C17H18ClN7O4S/c1-11(26)20-15-10-25-16(21-15)3-2-13(22-25)12-8-14(17(18)19-9-12)23-30(27,28)24-4-6-29-7-5-24/h2-3,8-10,23H,4-7H2,1H3,(H,20,26). The number of morpholine rings is 1. The van der Waals surface area contributed by atoms with E-state index in [9.17, 15) is 13.2 Å². The fraction of sp³-hybridized carbons (Fsp3) is 0.294. The van der Waals surface area contributed by atoms with Crippen molar-refractivity contribution in [1.29, 1.82) is 0 Å². The number of halogens is 1. The van der Waals surface area contributed by atoms with Crippen LogP contribution in [0, 0.1) is 0 Å². The molecule has 1 aliphatic heterocycles. The van der Waals surface area contributed by atoms with Crippen LogP contribution in [0.2, 0.25) is 5.15 Å². The van der Waals surface area contributed by atoms with Crippen LogP contribution in [0.5, 0.6) is 0 Å². The van der Waals surface area contributed by atoms with Gasteiger partial charge >= 0.3 is 10.2 Å². The summed E-state index contributed by atoms with van der Waals surface area (Å²) >= 11 is 6.12. The van der Waals surface area contributed by atoms with Crippen molar-refractivity contribution in [3.8, 4) is 11.3 Å². The Hall–Kier alpha value is -2.80. The number of hydrogen-bond acceptors (Lipinski definition) is 7. The molecular formula is C17H18ClN7O4S. The summed E-state index contributed by atoms with van der Waals surface area (Å²) in [5.74, 6) is 0.137. The van der Waals surface area contributed by atoms with Crippen LogP contribution in [-0.4, -0.2) is 64.5 Å². The van der Waals surface area contributed by atoms with Gasteiger partial charge in [-0.2, -0.15) is 17.8 Å². The predicted molar refractivity (Wildman–Crippen MR) is 110 cm³/mol. The molecule has 0 aromatic carbocycles. The number of hydrogen-bond donors (Lipinski definition) is 2. The molecule has 3 aromatic rings. The summed E-state index contributed by atoms with van der Waals surface area (Å²) in [7, 11) is -3.80. The number of imidazole rings is 1. The van der Waals surface area contributed by atoms with Gasteiger partial charge in [-0.15, -0.1) is 0 Å². The molecule has 4 heterocycles. The molecule has 1 fully saturated rings. The Morgan fingerprint density at radius 1 is 1.27 bits per heavy atom. The van der Waals surface area contributed by atoms with Crippen LogP contribution in [0.1, 0.15) is 6.92 Å². The van der Waals surface area contributed by atoms with Gasteiger partial charge in [-0.25, -0.2) is 14.5 Å². The van der Waals surface area contributed by atoms with Gasteiger partial charge in [0, 0.05) is 31.8 Å². The predicted octanol–water partition coefficient (Wildman–Crippen LogP) is 1.39. The molecule has 2 N–H and O–H groups in total. The quantitative estimate of drug-likeness (QED) is 0.560. The number of ether oxygens (including phenoxy) is 1. The lowest BCUT2D eigenvalue weighted by Gasteiger charge is -2.26. The molecule has 0 spiro atoms. The van der Waals surface area contributed by atoms with Crippen molar-refractivity contribution in [2.45, 2.75) is 6.92 Å². The van der Waals surface area contributed by atoms with Crippen LogP contribution in [0.15, 0.2) is 30.6 Å². The highest BCUT2D eigenvalue weighted by Crippen LogP contribution is 2.27. The Kier molecular flexibility index (Phi) is 5.56. The van der Waals surface area contributed by atoms with Gasteiger partial charge < -0.3 is 10.1 Å². The number of anilines is 2. The SMILES string of the molecule is CC(=O)Nc1cn2nc(-c3cnc(Cl)c(NS(=O)(=O)N4CCOCC4)c3)ccc2n1. The maximum absolute atomic E-state index is 12.6. The molecule has 1 saturated heterocycles. The van der Waals surface area contributed by atoms with E-state index in [0.29, 0.717) is 35.9 Å². The average molecular weight is 452 g/mol. The maximum Gasteiger partial charge on any atom is 0.301 e. The third-order valence-corrected chi connectivity index (χ3v) is 6.13. The molecule has 30 heavy (non-hydrogen) atoms. The number of amides is 1. The van der Waals surface area contributed by atoms with Crippen molar-refractivity contribution in [2.24, 2.45) is 0 Å². The van der Waals surface area contributed by atoms with Crippen LogP contribution in [0.4, 0.5) is 11.5 Å². The molecule has 0 aliphatic carbocycles. The summed E-state index contributed by atoms with van der Waals surface area (Å²) in [6.07, 6.45) is 3.07. The van der Waals surface area contributed by atoms with Gasteiger partial charge in [0.2, 0.25) is 5.91 Å². The minimum Gasteiger partial charge on any atom is -0.379 e. The zero-order valence-corrected chi connectivity index (χ0v) is 17.4. The van der Waals surface area contributed by atoms with Crippen LogP contribution in [0.25, 0.3) is 16.9 Å². The normalized spacial score (nSPS) is 15.3. The van der Waals surface area contributed by atoms with Crippen molar-refractivity contribution in [2.75, 3.05) is 36.3 Å². The van der Waals surface area contributed by atoms with Crippen molar-refractivity contribution in [3.05, 3.63) is 35.7 Å². The summed E-state index contributed by atoms with van der Waals surface area (Å²) in [5.41, 5.74) is 1.76. The smallest absolute Gasteiger partial charge is 0.301 e. The fourth-order valence-electron chi connectivity index (χ4n) is 2.93. The third-order valence-electron chi connectivity index (χ3n) is 4.31. The Labute approximate surface area is 177 Å². The van der Waals surface area contributed by atoms with Crippen LogP contribution in [0.3, 0.4) is 0 Å². The van der Waals surface area contributed by atoms with E-state index in [1.165, 1.54) is 21.9 Å². The molecule has 3 aromatic heterocycles. The number of fused-ring (bicyclic) bond motifs is 1. The first-order valence-corrected chi connectivity index (χ1v) is 10.8. The molecule has 13 heteroatoms. The van der Waals surface area contributed by atoms with Gasteiger partial charge in [-0.05, 0) is 18.2 Å². The number of carbonyl (C=O) groups excluding carboxylic acids is 1. The highest BCUT2D eigenvalue weighted by molar-refractivity contribution is 7.90. The van der Waals surface area contributed by atoms with Crippen molar-refractivity contribution < 1.29 is 17.9 Å². The van der Waals surface area contributed by atoms with Gasteiger partial charge in [0.1, 0.15) is 0 Å². The van der Waals surface area contributed by atoms with E-state index >= 15 is 0 Å². The number of nitrogens with one attached hydrogen (secondary N) is 2. The van der Waals surface area contributed by atoms with Crippen LogP contribution in [-0.2, 0) is 19.7 Å². The Morgan fingerprint density at radius 2 is 2.03 bits per heavy atom. The fourth-order valence-corrected chi connectivity index (χ4v) is 4.33. The number of nitrogens with zero attached hydrogens (tertiary/aromatic N) is 5. The first kappa shape index (κ1) is 20.5. The zero-order chi connectivity index (χ0) is 21.3. The van der Waals surface area contributed by atoms with E-state index in [-0.39, 0.29) is 29.8 Å². The van der Waals surface area contributed by atoms with E-state index in [1.54, 1.807) is 24.4 Å². The molecule has 0 atom stereocenters. The van der Waals surface area contributed by atoms with Gasteiger partial charge in [-0.3, -0.25) is 9.52 Å². The summed E-state index contributed by atoms with van der Waals surface area (Å²) in [4.78, 5) is 19.5. The topological polar surface area (TPSA) is 131 Å². The molecule has 1 amide bonds. The lowest BCUT2D eigenvalue weighted by atomic mass is 10.2. The third kappa shape index (κ3) is 4.36. The van der Waals surface area contributed by atoms with Gasteiger partial charge in [0.25, 0.3) is 0 Å². The van der Waals surface area contributed by atoms with Crippen molar-refractivity contribution in [1.82, 2.24) is 23.9 Å². The van der Waals surface area contributed by atoms with Gasteiger partial charge in [0.15, 0.2) is 16.6 Å². The summed E-state index contributed by atoms with van der Waals surface area (Å²) in [5, 5.41) is 7.06. The molecule has 0 bridgehead atoms. The minimum atomic E-state index is -3.80. The van der Waals surface area contributed by atoms with E-state index < -0.39 is 10.2 Å². The average Bonchev–Trinajstić information content (AvgIpc) is 3.11. The molecular weight excluding hydrogens is 434 g/mol. The number of aromatic nitrogens is 4. The Balaban J connectivity index is 1.63. The first-order chi connectivity index (χ1) is 14.3. The highest BCUT2D eigenvalue weighted by atomic mass is 35.5. The zero-order valence-electron chi connectivity index (χ0n) is 15.9. The van der Waals surface area contributed by atoms with Crippen LogP contribution >= 0.6 is 11.6 Å². The number of pyridine rings is 1. The lowest BCUT2D eigenvalue weighted by Crippen LogP contribution is -2.43. The molecule has 0 saturated carbocycles. The van der Waals surface area contributed by atoms with Crippen molar-refractivity contribution >= 4 is 44.9 Å². The Bertz CT molecular complexity index is 1210.